The van der Waals surface area contributed by atoms with Gasteiger partial charge in [-0.05, 0) is 55.4 Å². The van der Waals surface area contributed by atoms with Gasteiger partial charge in [-0.1, -0.05) is 12.1 Å². The van der Waals surface area contributed by atoms with Gasteiger partial charge in [0.15, 0.2) is 11.6 Å². The van der Waals surface area contributed by atoms with Gasteiger partial charge in [-0.2, -0.15) is 0 Å². The predicted molar refractivity (Wildman–Crippen MR) is 126 cm³/mol. The van der Waals surface area contributed by atoms with Crippen molar-refractivity contribution in [2.45, 2.75) is 50.3 Å². The van der Waals surface area contributed by atoms with Crippen LogP contribution in [-0.2, 0) is 11.2 Å². The van der Waals surface area contributed by atoms with Crippen LogP contribution in [0.2, 0.25) is 0 Å². The van der Waals surface area contributed by atoms with Crippen LogP contribution in [0.1, 0.15) is 45.3 Å². The van der Waals surface area contributed by atoms with Crippen molar-refractivity contribution in [1.29, 1.82) is 0 Å². The lowest BCUT2D eigenvalue weighted by Gasteiger charge is -2.27. The number of aryl methyl sites for hydroxylation is 1. The van der Waals surface area contributed by atoms with E-state index in [1.54, 1.807) is 7.11 Å². The molecule has 1 amide bonds. The summed E-state index contributed by atoms with van der Waals surface area (Å²) in [5, 5.41) is 3.76. The number of methoxy groups -OCH3 is 1. The van der Waals surface area contributed by atoms with E-state index < -0.39 is 0 Å². The summed E-state index contributed by atoms with van der Waals surface area (Å²) in [5.74, 6) is -0.327. The van der Waals surface area contributed by atoms with Gasteiger partial charge in [0, 0.05) is 24.2 Å². The van der Waals surface area contributed by atoms with E-state index in [0.29, 0.717) is 35.4 Å². The highest BCUT2D eigenvalue weighted by Crippen LogP contribution is 2.40. The number of rotatable bonds is 4. The minimum atomic E-state index is -0.332. The SMILES string of the molecule is CO[C@H]1CC(c2ccc3c(c2F)OC[C@H](NC(=O)c2sc4nc(C)ccc4c2N)C3)C[C@@H]1N. The van der Waals surface area contributed by atoms with Gasteiger partial charge in [0.05, 0.1) is 17.8 Å². The second-order valence-electron chi connectivity index (χ2n) is 8.90. The third kappa shape index (κ3) is 3.94. The molecular weight excluding hydrogens is 443 g/mol. The molecule has 1 aromatic carbocycles. The lowest BCUT2D eigenvalue weighted by atomic mass is 9.92. The number of fused-ring (bicyclic) bond motifs is 2. The molecule has 1 fully saturated rings. The number of ether oxygens (including phenoxy) is 2. The van der Waals surface area contributed by atoms with Crippen molar-refractivity contribution >= 4 is 33.1 Å². The van der Waals surface area contributed by atoms with E-state index in [0.717, 1.165) is 21.5 Å². The van der Waals surface area contributed by atoms with Crippen molar-refractivity contribution in [2.24, 2.45) is 5.73 Å². The number of nitrogens with one attached hydrogen (secondary N) is 1. The van der Waals surface area contributed by atoms with Crippen molar-refractivity contribution in [3.05, 3.63) is 51.8 Å². The Hall–Kier alpha value is -2.75. The average Bonchev–Trinajstić information content (AvgIpc) is 3.33. The molecule has 1 aliphatic heterocycles. The van der Waals surface area contributed by atoms with E-state index in [1.165, 1.54) is 11.3 Å². The maximum absolute atomic E-state index is 15.3. The van der Waals surface area contributed by atoms with Crippen LogP contribution in [0.5, 0.6) is 5.75 Å². The van der Waals surface area contributed by atoms with E-state index >= 15 is 4.39 Å². The number of aromatic nitrogens is 1. The number of nitrogens with zero attached hydrogens (tertiary/aromatic N) is 1. The van der Waals surface area contributed by atoms with E-state index in [9.17, 15) is 4.79 Å². The lowest BCUT2D eigenvalue weighted by molar-refractivity contribution is 0.0919. The first-order valence-corrected chi connectivity index (χ1v) is 11.9. The monoisotopic (exact) mass is 470 g/mol. The number of hydrogen-bond acceptors (Lipinski definition) is 7. The average molecular weight is 471 g/mol. The molecule has 1 saturated carbocycles. The second kappa shape index (κ2) is 8.55. The van der Waals surface area contributed by atoms with Crippen LogP contribution in [0, 0.1) is 12.7 Å². The molecule has 1 unspecified atom stereocenters. The first kappa shape index (κ1) is 22.1. The zero-order valence-corrected chi connectivity index (χ0v) is 19.4. The molecule has 0 bridgehead atoms. The molecule has 0 spiro atoms. The van der Waals surface area contributed by atoms with Crippen LogP contribution in [0.25, 0.3) is 10.2 Å². The first-order chi connectivity index (χ1) is 15.9. The van der Waals surface area contributed by atoms with Crippen LogP contribution in [0.3, 0.4) is 0 Å². The van der Waals surface area contributed by atoms with Gasteiger partial charge in [0.1, 0.15) is 16.3 Å². The standard InChI is InChI=1S/C24H27FN4O3S/c1-11-3-5-16-20(27)22(33-24(16)28-11)23(30)29-14-7-12-4-6-15(19(25)21(12)32-10-14)13-8-17(26)18(9-13)31-2/h3-6,13-14,17-18H,7-10,26-27H2,1-2H3,(H,29,30)/t13?,14-,17+,18+/m1/s1. The Kier molecular flexibility index (Phi) is 5.72. The summed E-state index contributed by atoms with van der Waals surface area (Å²) in [5.41, 5.74) is 15.0. The molecule has 2 aliphatic rings. The Balaban J connectivity index is 1.31. The van der Waals surface area contributed by atoms with Crippen LogP contribution in [0.4, 0.5) is 10.1 Å². The lowest BCUT2D eigenvalue weighted by Crippen LogP contribution is -2.42. The van der Waals surface area contributed by atoms with Crippen LogP contribution in [0.15, 0.2) is 24.3 Å². The first-order valence-electron chi connectivity index (χ1n) is 11.0. The topological polar surface area (TPSA) is 112 Å². The number of anilines is 1. The summed E-state index contributed by atoms with van der Waals surface area (Å²) in [6, 6.07) is 7.07. The largest absolute Gasteiger partial charge is 0.488 e. The third-order valence-electron chi connectivity index (χ3n) is 6.67. The van der Waals surface area contributed by atoms with Gasteiger partial charge in [0.25, 0.3) is 5.91 Å². The quantitative estimate of drug-likeness (QED) is 0.540. The van der Waals surface area contributed by atoms with E-state index in [1.807, 2.05) is 31.2 Å². The van der Waals surface area contributed by atoms with E-state index in [2.05, 4.69) is 10.3 Å². The number of hydrogen-bond donors (Lipinski definition) is 3. The molecule has 1 aliphatic carbocycles. The molecule has 174 valence electrons. The second-order valence-corrected chi connectivity index (χ2v) is 9.90. The number of carbonyl (C=O) groups is 1. The number of carbonyl (C=O) groups excluding carboxylic acids is 1. The number of thiophene rings is 1. The van der Waals surface area contributed by atoms with Gasteiger partial charge in [-0.3, -0.25) is 4.79 Å². The molecule has 0 saturated heterocycles. The number of pyridine rings is 1. The Bertz CT molecular complexity index is 1230. The fourth-order valence-corrected chi connectivity index (χ4v) is 5.95. The van der Waals surface area contributed by atoms with Crippen molar-refractivity contribution in [1.82, 2.24) is 10.3 Å². The molecule has 0 radical (unpaired) electrons. The number of halogens is 1. The highest BCUT2D eigenvalue weighted by atomic mass is 32.1. The Morgan fingerprint density at radius 3 is 2.88 bits per heavy atom. The van der Waals surface area contributed by atoms with Gasteiger partial charge in [-0.25, -0.2) is 9.37 Å². The van der Waals surface area contributed by atoms with Gasteiger partial charge < -0.3 is 26.3 Å². The maximum atomic E-state index is 15.3. The maximum Gasteiger partial charge on any atom is 0.263 e. The molecule has 9 heteroatoms. The minimum Gasteiger partial charge on any atom is -0.488 e. The molecule has 3 aromatic rings. The highest BCUT2D eigenvalue weighted by molar-refractivity contribution is 7.21. The van der Waals surface area contributed by atoms with Crippen molar-refractivity contribution in [3.8, 4) is 5.75 Å². The Labute approximate surface area is 195 Å². The van der Waals surface area contributed by atoms with Crippen LogP contribution < -0.4 is 21.5 Å². The van der Waals surface area contributed by atoms with E-state index in [-0.39, 0.29) is 48.2 Å². The molecule has 33 heavy (non-hydrogen) atoms. The van der Waals surface area contributed by atoms with Crippen molar-refractivity contribution in [3.63, 3.8) is 0 Å². The summed E-state index contributed by atoms with van der Waals surface area (Å²) < 4.78 is 26.5. The normalized spacial score (nSPS) is 24.5. The van der Waals surface area contributed by atoms with Gasteiger partial charge >= 0.3 is 0 Å². The molecule has 3 heterocycles. The number of nitrogens with two attached hydrogens (primary N) is 2. The molecule has 5 N–H and O–H groups in total. The number of nitrogen functional groups attached to an aromatic ring is 1. The fraction of sp³-hybridized carbons (Fsp3) is 0.417. The Morgan fingerprint density at radius 1 is 1.30 bits per heavy atom. The summed E-state index contributed by atoms with van der Waals surface area (Å²) in [6.07, 6.45) is 1.78. The smallest absolute Gasteiger partial charge is 0.263 e. The highest BCUT2D eigenvalue weighted by Gasteiger charge is 2.36. The van der Waals surface area contributed by atoms with Crippen molar-refractivity contribution in [2.75, 3.05) is 19.5 Å². The molecule has 2 aromatic heterocycles. The summed E-state index contributed by atoms with van der Waals surface area (Å²) >= 11 is 1.27. The number of benzene rings is 1. The summed E-state index contributed by atoms with van der Waals surface area (Å²) in [7, 11) is 1.64. The van der Waals surface area contributed by atoms with Gasteiger partial charge in [0.2, 0.25) is 0 Å². The zero-order valence-electron chi connectivity index (χ0n) is 18.6. The van der Waals surface area contributed by atoms with Crippen LogP contribution >= 0.6 is 11.3 Å². The number of amides is 1. The molecule has 7 nitrogen and oxygen atoms in total. The fourth-order valence-electron chi connectivity index (χ4n) is 4.91. The summed E-state index contributed by atoms with van der Waals surface area (Å²) in [6.45, 7) is 2.08. The van der Waals surface area contributed by atoms with Crippen LogP contribution in [-0.4, -0.2) is 42.8 Å². The van der Waals surface area contributed by atoms with Crippen molar-refractivity contribution < 1.29 is 18.7 Å². The van der Waals surface area contributed by atoms with Gasteiger partial charge in [-0.15, -0.1) is 11.3 Å². The molecule has 5 rings (SSSR count). The minimum absolute atomic E-state index is 0.00413. The Morgan fingerprint density at radius 2 is 2.12 bits per heavy atom. The zero-order chi connectivity index (χ0) is 23.3. The summed E-state index contributed by atoms with van der Waals surface area (Å²) in [4.78, 5) is 18.5. The predicted octanol–water partition coefficient (Wildman–Crippen LogP) is 3.28. The molecule has 4 atom stereocenters. The van der Waals surface area contributed by atoms with E-state index in [4.69, 9.17) is 20.9 Å². The third-order valence-corrected chi connectivity index (χ3v) is 7.79. The molecular formula is C24H27FN4O3S.